The van der Waals surface area contributed by atoms with Gasteiger partial charge in [0.15, 0.2) is 6.61 Å². The Balaban J connectivity index is 1.69. The number of halogens is 3. The highest BCUT2D eigenvalue weighted by Crippen LogP contribution is 2.22. The summed E-state index contributed by atoms with van der Waals surface area (Å²) in [6.07, 6.45) is -3.28. The highest BCUT2D eigenvalue weighted by Gasteiger charge is 2.33. The largest absolute Gasteiger partial charge is 0.483 e. The fraction of sp³-hybridized carbons (Fsp3) is 0.182. The van der Waals surface area contributed by atoms with E-state index in [1.807, 2.05) is 0 Å². The lowest BCUT2D eigenvalue weighted by atomic mass is 10.2. The first-order valence-corrected chi connectivity index (χ1v) is 9.27. The molecule has 3 aromatic rings. The molecule has 0 saturated heterocycles. The summed E-state index contributed by atoms with van der Waals surface area (Å²) in [6.45, 7) is -2.48. The van der Waals surface area contributed by atoms with Crippen LogP contribution in [0, 0.1) is 0 Å². The molecule has 9 heteroatoms. The molecule has 6 nitrogen and oxygen atoms in total. The smallest absolute Gasteiger partial charge is 0.406 e. The minimum absolute atomic E-state index is 0.0780. The zero-order valence-corrected chi connectivity index (χ0v) is 16.3. The summed E-state index contributed by atoms with van der Waals surface area (Å²) in [7, 11) is 0. The number of hydrogen-bond donors (Lipinski definition) is 1. The van der Waals surface area contributed by atoms with Gasteiger partial charge in [-0.25, -0.2) is 0 Å². The van der Waals surface area contributed by atoms with E-state index in [1.54, 1.807) is 42.5 Å². The topological polar surface area (TPSA) is 71.8 Å². The van der Waals surface area contributed by atoms with Crippen LogP contribution in [0.4, 0.5) is 18.9 Å². The predicted octanol–water partition coefficient (Wildman–Crippen LogP) is 4.50. The molecule has 0 aliphatic rings. The lowest BCUT2D eigenvalue weighted by Gasteiger charge is -2.23. The van der Waals surface area contributed by atoms with Crippen molar-refractivity contribution in [3.05, 3.63) is 84.3 Å². The van der Waals surface area contributed by atoms with E-state index in [2.05, 4.69) is 5.32 Å². The van der Waals surface area contributed by atoms with E-state index in [-0.39, 0.29) is 23.6 Å². The Labute approximate surface area is 176 Å². The van der Waals surface area contributed by atoms with Crippen molar-refractivity contribution in [2.24, 2.45) is 0 Å². The van der Waals surface area contributed by atoms with Crippen LogP contribution in [0.1, 0.15) is 16.1 Å². The number of furan rings is 1. The van der Waals surface area contributed by atoms with Crippen LogP contribution in [-0.4, -0.2) is 36.0 Å². The van der Waals surface area contributed by atoms with Crippen LogP contribution in [0.5, 0.6) is 5.75 Å². The molecule has 2 amide bonds. The zero-order valence-electron chi connectivity index (χ0n) is 16.3. The third-order valence-corrected chi connectivity index (χ3v) is 4.16. The van der Waals surface area contributed by atoms with Gasteiger partial charge in [0.1, 0.15) is 18.1 Å². The van der Waals surface area contributed by atoms with E-state index in [0.717, 1.165) is 0 Å². The summed E-state index contributed by atoms with van der Waals surface area (Å²) < 4.78 is 49.2. The van der Waals surface area contributed by atoms with Crippen molar-refractivity contribution in [2.75, 3.05) is 18.5 Å². The molecule has 1 aromatic heterocycles. The Kier molecular flexibility index (Phi) is 6.96. The van der Waals surface area contributed by atoms with Gasteiger partial charge in [-0.1, -0.05) is 30.3 Å². The molecule has 0 unspecified atom stereocenters. The average Bonchev–Trinajstić information content (AvgIpc) is 3.24. The molecule has 0 aliphatic heterocycles. The maximum atomic E-state index is 12.9. The van der Waals surface area contributed by atoms with Gasteiger partial charge in [-0.2, -0.15) is 13.2 Å². The molecule has 162 valence electrons. The quantitative estimate of drug-likeness (QED) is 0.569. The van der Waals surface area contributed by atoms with Crippen LogP contribution in [0.15, 0.2) is 77.4 Å². The first-order chi connectivity index (χ1) is 14.8. The Morgan fingerprint density at radius 2 is 1.68 bits per heavy atom. The fourth-order valence-electron chi connectivity index (χ4n) is 2.77. The summed E-state index contributed by atoms with van der Waals surface area (Å²) in [5, 5.41) is 2.69. The molecule has 0 bridgehead atoms. The third kappa shape index (κ3) is 6.63. The van der Waals surface area contributed by atoms with Gasteiger partial charge in [0.25, 0.3) is 11.8 Å². The Bertz CT molecular complexity index is 1010. The Morgan fingerprint density at radius 1 is 0.968 bits per heavy atom. The fourth-order valence-corrected chi connectivity index (χ4v) is 2.77. The molecule has 0 spiro atoms. The molecule has 31 heavy (non-hydrogen) atoms. The molecular formula is C22H19F3N2O4. The molecular weight excluding hydrogens is 413 g/mol. The Morgan fingerprint density at radius 3 is 2.35 bits per heavy atom. The third-order valence-electron chi connectivity index (χ3n) is 4.16. The van der Waals surface area contributed by atoms with Gasteiger partial charge in [-0.15, -0.1) is 0 Å². The molecule has 0 aliphatic carbocycles. The van der Waals surface area contributed by atoms with Gasteiger partial charge in [-0.05, 0) is 36.4 Å². The number of nitrogens with one attached hydrogen (secondary N) is 1. The summed E-state index contributed by atoms with van der Waals surface area (Å²) >= 11 is 0. The van der Waals surface area contributed by atoms with Crippen LogP contribution in [-0.2, 0) is 11.3 Å². The van der Waals surface area contributed by atoms with Crippen LogP contribution < -0.4 is 10.1 Å². The first-order valence-electron chi connectivity index (χ1n) is 9.27. The molecule has 1 heterocycles. The maximum Gasteiger partial charge on any atom is 0.406 e. The zero-order chi connectivity index (χ0) is 22.3. The van der Waals surface area contributed by atoms with Gasteiger partial charge in [0, 0.05) is 5.69 Å². The number of nitrogens with zero attached hydrogens (tertiary/aromatic N) is 1. The van der Waals surface area contributed by atoms with Crippen molar-refractivity contribution >= 4 is 17.5 Å². The molecule has 0 saturated carbocycles. The van der Waals surface area contributed by atoms with Crippen molar-refractivity contribution < 1.29 is 31.9 Å². The van der Waals surface area contributed by atoms with E-state index in [1.165, 1.54) is 30.5 Å². The summed E-state index contributed by atoms with van der Waals surface area (Å²) in [5.74, 6) is -1.08. The lowest BCUT2D eigenvalue weighted by Crippen LogP contribution is -2.41. The number of para-hydroxylation sites is 2. The SMILES string of the molecule is O=C(Nc1ccccc1)c1ccccc1OCC(=O)N(Cc1ccco1)CC(F)(F)F. The van der Waals surface area contributed by atoms with Crippen molar-refractivity contribution in [3.63, 3.8) is 0 Å². The summed E-state index contributed by atoms with van der Waals surface area (Å²) in [6, 6.07) is 17.9. The monoisotopic (exact) mass is 432 g/mol. The number of amides is 2. The highest BCUT2D eigenvalue weighted by atomic mass is 19.4. The number of anilines is 1. The normalized spacial score (nSPS) is 11.1. The summed E-state index contributed by atoms with van der Waals surface area (Å²) in [5.41, 5.74) is 0.709. The van der Waals surface area contributed by atoms with Crippen molar-refractivity contribution in [1.29, 1.82) is 0 Å². The van der Waals surface area contributed by atoms with Gasteiger partial charge >= 0.3 is 6.18 Å². The molecule has 0 fully saturated rings. The minimum atomic E-state index is -4.59. The Hall–Kier alpha value is -3.75. The molecule has 0 atom stereocenters. The highest BCUT2D eigenvalue weighted by molar-refractivity contribution is 6.06. The standard InChI is InChI=1S/C22H19F3N2O4/c23-22(24,25)15-27(13-17-9-6-12-30-17)20(28)14-31-19-11-5-4-10-18(19)21(29)26-16-7-2-1-3-8-16/h1-12H,13-15H2,(H,26,29). The second-order valence-corrected chi connectivity index (χ2v) is 6.55. The number of rotatable bonds is 8. The molecule has 0 radical (unpaired) electrons. The van der Waals surface area contributed by atoms with E-state index >= 15 is 0 Å². The van der Waals surface area contributed by atoms with Gasteiger partial charge in [0.2, 0.25) is 0 Å². The average molecular weight is 432 g/mol. The van der Waals surface area contributed by atoms with Crippen LogP contribution in [0.25, 0.3) is 0 Å². The van der Waals surface area contributed by atoms with Crippen LogP contribution in [0.3, 0.4) is 0 Å². The van der Waals surface area contributed by atoms with Crippen LogP contribution >= 0.6 is 0 Å². The number of alkyl halides is 3. The number of carbonyl (C=O) groups excluding carboxylic acids is 2. The van der Waals surface area contributed by atoms with Crippen LogP contribution in [0.2, 0.25) is 0 Å². The molecule has 2 aromatic carbocycles. The van der Waals surface area contributed by atoms with E-state index in [4.69, 9.17) is 9.15 Å². The van der Waals surface area contributed by atoms with Gasteiger partial charge in [-0.3, -0.25) is 9.59 Å². The lowest BCUT2D eigenvalue weighted by molar-refractivity contribution is -0.164. The number of ether oxygens (including phenoxy) is 1. The van der Waals surface area contributed by atoms with Crippen molar-refractivity contribution in [1.82, 2.24) is 4.90 Å². The second-order valence-electron chi connectivity index (χ2n) is 6.55. The van der Waals surface area contributed by atoms with Gasteiger partial charge in [0.05, 0.1) is 18.4 Å². The van der Waals surface area contributed by atoms with Crippen molar-refractivity contribution in [2.45, 2.75) is 12.7 Å². The van der Waals surface area contributed by atoms with E-state index in [0.29, 0.717) is 10.6 Å². The second kappa shape index (κ2) is 9.84. The molecule has 1 N–H and O–H groups in total. The predicted molar refractivity (Wildman–Crippen MR) is 107 cm³/mol. The maximum absolute atomic E-state index is 12.9. The molecule has 3 rings (SSSR count). The van der Waals surface area contributed by atoms with Gasteiger partial charge < -0.3 is 19.4 Å². The van der Waals surface area contributed by atoms with Crippen molar-refractivity contribution in [3.8, 4) is 5.75 Å². The first kappa shape index (κ1) is 21.9. The summed E-state index contributed by atoms with van der Waals surface area (Å²) in [4.78, 5) is 25.6. The number of carbonyl (C=O) groups is 2. The van der Waals surface area contributed by atoms with E-state index in [9.17, 15) is 22.8 Å². The van der Waals surface area contributed by atoms with E-state index < -0.39 is 31.1 Å². The number of hydrogen-bond acceptors (Lipinski definition) is 4. The minimum Gasteiger partial charge on any atom is -0.483 e. The number of benzene rings is 2.